The maximum Gasteiger partial charge on any atom is 0.174 e. The molecule has 72 valence electrons. The Morgan fingerprint density at radius 2 is 2.00 bits per heavy atom. The third-order valence-corrected chi connectivity index (χ3v) is 1.82. The van der Waals surface area contributed by atoms with Crippen molar-refractivity contribution in [2.24, 2.45) is 0 Å². The molecule has 0 bridgehead atoms. The number of benzene rings is 1. The first-order valence-corrected chi connectivity index (χ1v) is 3.84. The predicted octanol–water partition coefficient (Wildman–Crippen LogP) is 2.20. The lowest BCUT2D eigenvalue weighted by molar-refractivity contribution is 0.423. The van der Waals surface area contributed by atoms with Gasteiger partial charge in [-0.25, -0.2) is 8.78 Å². The highest BCUT2D eigenvalue weighted by atomic mass is 19.1. The van der Waals surface area contributed by atoms with Gasteiger partial charge in [0.25, 0.3) is 0 Å². The van der Waals surface area contributed by atoms with Crippen molar-refractivity contribution in [2.75, 3.05) is 5.73 Å². The molecule has 5 heteroatoms. The second kappa shape index (κ2) is 3.10. The minimum atomic E-state index is -0.695. The average Bonchev–Trinajstić information content (AvgIpc) is 2.52. The topological polar surface area (TPSA) is 52.0 Å². The fraction of sp³-hybridized carbons (Fsp3) is 0. The Morgan fingerprint density at radius 1 is 1.21 bits per heavy atom. The van der Waals surface area contributed by atoms with Crippen LogP contribution in [-0.2, 0) is 0 Å². The van der Waals surface area contributed by atoms with Crippen LogP contribution in [0.5, 0.6) is 0 Å². The van der Waals surface area contributed by atoms with E-state index in [4.69, 9.17) is 5.73 Å². The minimum Gasteiger partial charge on any atom is -0.380 e. The summed E-state index contributed by atoms with van der Waals surface area (Å²) in [6, 6.07) is 3.21. The summed E-state index contributed by atoms with van der Waals surface area (Å²) in [5.74, 6) is -1.25. The van der Waals surface area contributed by atoms with Crippen molar-refractivity contribution in [3.63, 3.8) is 0 Å². The smallest absolute Gasteiger partial charge is 0.174 e. The van der Waals surface area contributed by atoms with Gasteiger partial charge in [0.05, 0.1) is 5.56 Å². The van der Waals surface area contributed by atoms with Gasteiger partial charge in [0.2, 0.25) is 0 Å². The number of aromatic nitrogens is 1. The Labute approximate surface area is 78.1 Å². The Morgan fingerprint density at radius 3 is 2.57 bits per heavy atom. The van der Waals surface area contributed by atoms with Crippen molar-refractivity contribution in [2.45, 2.75) is 0 Å². The van der Waals surface area contributed by atoms with E-state index in [0.717, 1.165) is 12.1 Å². The van der Waals surface area contributed by atoms with Gasteiger partial charge in [-0.3, -0.25) is 0 Å². The minimum absolute atomic E-state index is 0.0792. The number of hydrogen-bond donors (Lipinski definition) is 1. The molecule has 2 N–H and O–H groups in total. The highest BCUT2D eigenvalue weighted by molar-refractivity contribution is 5.72. The van der Waals surface area contributed by atoms with Crippen LogP contribution in [0.25, 0.3) is 11.1 Å². The maximum absolute atomic E-state index is 13.2. The van der Waals surface area contributed by atoms with Gasteiger partial charge in [0.15, 0.2) is 5.82 Å². The fourth-order valence-electron chi connectivity index (χ4n) is 1.15. The number of nitrogen functional groups attached to an aromatic ring is 1. The summed E-state index contributed by atoms with van der Waals surface area (Å²) in [4.78, 5) is 0. The second-order valence-corrected chi connectivity index (χ2v) is 2.74. The summed E-state index contributed by atoms with van der Waals surface area (Å²) in [6.45, 7) is 0. The van der Waals surface area contributed by atoms with Crippen LogP contribution >= 0.6 is 0 Å². The second-order valence-electron chi connectivity index (χ2n) is 2.74. The molecule has 0 fully saturated rings. The van der Waals surface area contributed by atoms with E-state index in [1.54, 1.807) is 0 Å². The van der Waals surface area contributed by atoms with E-state index in [0.29, 0.717) is 5.56 Å². The van der Waals surface area contributed by atoms with Crippen molar-refractivity contribution < 1.29 is 13.3 Å². The molecule has 0 aliphatic rings. The molecule has 2 aromatic rings. The average molecular weight is 196 g/mol. The predicted molar refractivity (Wildman–Crippen MR) is 46.3 cm³/mol. The maximum atomic E-state index is 13.2. The van der Waals surface area contributed by atoms with Crippen molar-refractivity contribution in [1.29, 1.82) is 0 Å². The summed E-state index contributed by atoms with van der Waals surface area (Å²) in [6.07, 6.45) is 1.21. The molecule has 0 unspecified atom stereocenters. The van der Waals surface area contributed by atoms with Crippen molar-refractivity contribution >= 4 is 5.82 Å². The van der Waals surface area contributed by atoms with Crippen LogP contribution in [0.4, 0.5) is 14.6 Å². The third-order valence-electron chi connectivity index (χ3n) is 1.82. The summed E-state index contributed by atoms with van der Waals surface area (Å²) in [5.41, 5.74) is 5.91. The molecule has 0 saturated carbocycles. The molecular weight excluding hydrogens is 190 g/mol. The number of halogens is 2. The van der Waals surface area contributed by atoms with Crippen molar-refractivity contribution in [1.82, 2.24) is 5.16 Å². The van der Waals surface area contributed by atoms with Crippen LogP contribution in [0.3, 0.4) is 0 Å². The van der Waals surface area contributed by atoms with E-state index < -0.39 is 11.6 Å². The standard InChI is InChI=1S/C9H6F2N2O/c10-5-1-2-6(8(11)3-5)7-4-14-13-9(7)12/h1-4H,(H2,12,13). The molecule has 0 atom stereocenters. The van der Waals surface area contributed by atoms with Gasteiger partial charge in [-0.05, 0) is 12.1 Å². The highest BCUT2D eigenvalue weighted by Gasteiger charge is 2.11. The first kappa shape index (κ1) is 8.68. The molecule has 0 spiro atoms. The van der Waals surface area contributed by atoms with E-state index in [1.807, 2.05) is 0 Å². The molecule has 0 amide bonds. The normalized spacial score (nSPS) is 10.4. The largest absolute Gasteiger partial charge is 0.380 e. The van der Waals surface area contributed by atoms with Crippen LogP contribution in [0.2, 0.25) is 0 Å². The summed E-state index contributed by atoms with van der Waals surface area (Å²) in [7, 11) is 0. The van der Waals surface area contributed by atoms with Gasteiger partial charge < -0.3 is 10.3 Å². The van der Waals surface area contributed by atoms with Gasteiger partial charge in [-0.15, -0.1) is 0 Å². The summed E-state index contributed by atoms with van der Waals surface area (Å²) >= 11 is 0. The summed E-state index contributed by atoms with van der Waals surface area (Å²) < 4.78 is 30.4. The van der Waals surface area contributed by atoms with E-state index in [-0.39, 0.29) is 11.4 Å². The molecule has 0 aliphatic carbocycles. The zero-order chi connectivity index (χ0) is 10.1. The number of hydrogen-bond acceptors (Lipinski definition) is 3. The van der Waals surface area contributed by atoms with Gasteiger partial charge in [-0.1, -0.05) is 5.16 Å². The van der Waals surface area contributed by atoms with Crippen LogP contribution in [0.1, 0.15) is 0 Å². The number of anilines is 1. The Bertz CT molecular complexity index is 468. The molecule has 0 radical (unpaired) electrons. The van der Waals surface area contributed by atoms with Gasteiger partial charge >= 0.3 is 0 Å². The highest BCUT2D eigenvalue weighted by Crippen LogP contribution is 2.27. The molecular formula is C9H6F2N2O. The van der Waals surface area contributed by atoms with Crippen molar-refractivity contribution in [3.8, 4) is 11.1 Å². The van der Waals surface area contributed by atoms with E-state index in [1.165, 1.54) is 12.3 Å². The SMILES string of the molecule is Nc1nocc1-c1ccc(F)cc1F. The van der Waals surface area contributed by atoms with E-state index >= 15 is 0 Å². The van der Waals surface area contributed by atoms with E-state index in [9.17, 15) is 8.78 Å². The number of nitrogens with two attached hydrogens (primary N) is 1. The molecule has 1 aromatic carbocycles. The Kier molecular flexibility index (Phi) is 1.92. The zero-order valence-corrected chi connectivity index (χ0v) is 7.00. The third kappa shape index (κ3) is 1.32. The number of rotatable bonds is 1. The lowest BCUT2D eigenvalue weighted by Gasteiger charge is -1.99. The Balaban J connectivity index is 2.58. The molecule has 14 heavy (non-hydrogen) atoms. The van der Waals surface area contributed by atoms with Gasteiger partial charge in [0, 0.05) is 11.6 Å². The van der Waals surface area contributed by atoms with Crippen LogP contribution < -0.4 is 5.73 Å². The number of nitrogens with zero attached hydrogens (tertiary/aromatic N) is 1. The molecule has 0 aliphatic heterocycles. The van der Waals surface area contributed by atoms with Crippen LogP contribution in [-0.4, -0.2) is 5.16 Å². The Hall–Kier alpha value is -1.91. The van der Waals surface area contributed by atoms with Crippen molar-refractivity contribution in [3.05, 3.63) is 36.1 Å². The lowest BCUT2D eigenvalue weighted by atomic mass is 10.1. The van der Waals surface area contributed by atoms with Gasteiger partial charge in [-0.2, -0.15) is 0 Å². The van der Waals surface area contributed by atoms with Gasteiger partial charge in [0.1, 0.15) is 17.9 Å². The first-order chi connectivity index (χ1) is 6.68. The fourth-order valence-corrected chi connectivity index (χ4v) is 1.15. The first-order valence-electron chi connectivity index (χ1n) is 3.84. The monoisotopic (exact) mass is 196 g/mol. The molecule has 2 rings (SSSR count). The quantitative estimate of drug-likeness (QED) is 0.760. The summed E-state index contributed by atoms with van der Waals surface area (Å²) in [5, 5.41) is 3.40. The van der Waals surface area contributed by atoms with Crippen LogP contribution in [0, 0.1) is 11.6 Å². The molecule has 1 heterocycles. The van der Waals surface area contributed by atoms with Crippen LogP contribution in [0.15, 0.2) is 29.0 Å². The molecule has 3 nitrogen and oxygen atoms in total. The van der Waals surface area contributed by atoms with E-state index in [2.05, 4.69) is 9.68 Å². The zero-order valence-electron chi connectivity index (χ0n) is 7.00. The lowest BCUT2D eigenvalue weighted by Crippen LogP contribution is -1.90. The molecule has 0 saturated heterocycles. The molecule has 1 aromatic heterocycles.